The number of likely N-dealkylation sites (N-methyl/N-ethyl adjacent to an activating group) is 1. The molecular weight excluding hydrogens is 386 g/mol. The highest BCUT2D eigenvalue weighted by Gasteiger charge is 2.42. The van der Waals surface area contributed by atoms with Crippen LogP contribution in [0.1, 0.15) is 17.2 Å². The van der Waals surface area contributed by atoms with E-state index in [4.69, 9.17) is 14.2 Å². The molecule has 1 atom stereocenters. The van der Waals surface area contributed by atoms with Gasteiger partial charge in [-0.1, -0.05) is 18.2 Å². The average Bonchev–Trinajstić information content (AvgIpc) is 3.36. The molecule has 0 aromatic heterocycles. The number of hydrogen-bond acceptors (Lipinski definition) is 5. The Balaban J connectivity index is 1.43. The molecule has 0 aliphatic carbocycles. The van der Waals surface area contributed by atoms with Gasteiger partial charge < -0.3 is 24.4 Å². The molecule has 3 heterocycles. The maximum Gasteiger partial charge on any atom is 0.322 e. The van der Waals surface area contributed by atoms with E-state index in [1.165, 1.54) is 4.90 Å². The number of nitrogens with zero attached hydrogens (tertiary/aromatic N) is 2. The van der Waals surface area contributed by atoms with Gasteiger partial charge in [-0.2, -0.15) is 0 Å². The van der Waals surface area contributed by atoms with Crippen LogP contribution in [0.5, 0.6) is 17.2 Å². The van der Waals surface area contributed by atoms with Crippen molar-refractivity contribution in [3.8, 4) is 17.2 Å². The van der Waals surface area contributed by atoms with Crippen LogP contribution in [0.3, 0.4) is 0 Å². The Kier molecular flexibility index (Phi) is 4.27. The first kappa shape index (κ1) is 18.4. The van der Waals surface area contributed by atoms with E-state index in [0.29, 0.717) is 30.2 Å². The zero-order valence-electron chi connectivity index (χ0n) is 16.7. The summed E-state index contributed by atoms with van der Waals surface area (Å²) in [7, 11) is 3.29. The largest absolute Gasteiger partial charge is 0.497 e. The van der Waals surface area contributed by atoms with E-state index in [-0.39, 0.29) is 18.7 Å². The molecule has 30 heavy (non-hydrogen) atoms. The monoisotopic (exact) mass is 407 g/mol. The van der Waals surface area contributed by atoms with E-state index in [9.17, 15) is 9.59 Å². The molecule has 3 aliphatic heterocycles. The lowest BCUT2D eigenvalue weighted by Gasteiger charge is -2.31. The number of carbonyl (C=O) groups excluding carboxylic acids is 2. The molecule has 3 aliphatic rings. The topological polar surface area (TPSA) is 80.3 Å². The van der Waals surface area contributed by atoms with Gasteiger partial charge in [0, 0.05) is 13.6 Å². The molecule has 0 radical (unpaired) electrons. The molecule has 0 fully saturated rings. The number of fused-ring (bicyclic) bond motifs is 1. The maximum atomic E-state index is 13.3. The van der Waals surface area contributed by atoms with E-state index in [1.54, 1.807) is 19.1 Å². The van der Waals surface area contributed by atoms with Crippen molar-refractivity contribution in [3.05, 3.63) is 64.9 Å². The van der Waals surface area contributed by atoms with Gasteiger partial charge in [0.15, 0.2) is 11.5 Å². The van der Waals surface area contributed by atoms with Gasteiger partial charge in [-0.05, 0) is 35.4 Å². The minimum Gasteiger partial charge on any atom is -0.497 e. The average molecular weight is 407 g/mol. The van der Waals surface area contributed by atoms with E-state index in [0.717, 1.165) is 22.6 Å². The lowest BCUT2D eigenvalue weighted by atomic mass is 9.95. The first-order chi connectivity index (χ1) is 14.5. The van der Waals surface area contributed by atoms with Crippen molar-refractivity contribution in [1.82, 2.24) is 15.1 Å². The van der Waals surface area contributed by atoms with Crippen LogP contribution in [0, 0.1) is 0 Å². The van der Waals surface area contributed by atoms with Crippen molar-refractivity contribution < 1.29 is 23.8 Å². The normalized spacial score (nSPS) is 19.9. The molecule has 154 valence electrons. The van der Waals surface area contributed by atoms with E-state index in [1.807, 2.05) is 42.5 Å². The summed E-state index contributed by atoms with van der Waals surface area (Å²) in [6.07, 6.45) is 0. The fourth-order valence-electron chi connectivity index (χ4n) is 4.06. The number of rotatable bonds is 4. The quantitative estimate of drug-likeness (QED) is 0.842. The van der Waals surface area contributed by atoms with Crippen LogP contribution in [-0.2, 0) is 11.3 Å². The van der Waals surface area contributed by atoms with Gasteiger partial charge in [0.2, 0.25) is 6.79 Å². The highest BCUT2D eigenvalue weighted by molar-refractivity contribution is 6.01. The predicted octanol–water partition coefficient (Wildman–Crippen LogP) is 2.42. The predicted molar refractivity (Wildman–Crippen MR) is 107 cm³/mol. The van der Waals surface area contributed by atoms with E-state index in [2.05, 4.69) is 5.32 Å². The number of methoxy groups -OCH3 is 1. The maximum absolute atomic E-state index is 13.3. The van der Waals surface area contributed by atoms with Crippen LogP contribution in [0.25, 0.3) is 0 Å². The van der Waals surface area contributed by atoms with Crippen LogP contribution >= 0.6 is 0 Å². The van der Waals surface area contributed by atoms with E-state index < -0.39 is 6.04 Å². The minimum absolute atomic E-state index is 0.0877. The Morgan fingerprint density at radius 2 is 1.87 bits per heavy atom. The molecule has 0 saturated heterocycles. The van der Waals surface area contributed by atoms with Crippen molar-refractivity contribution in [3.63, 3.8) is 0 Å². The molecule has 0 spiro atoms. The van der Waals surface area contributed by atoms with Crippen LogP contribution in [0.2, 0.25) is 0 Å². The summed E-state index contributed by atoms with van der Waals surface area (Å²) in [5, 5.41) is 2.94. The smallest absolute Gasteiger partial charge is 0.322 e. The van der Waals surface area contributed by atoms with Crippen LogP contribution < -0.4 is 19.5 Å². The summed E-state index contributed by atoms with van der Waals surface area (Å²) in [6.45, 7) is 0.998. The van der Waals surface area contributed by atoms with Gasteiger partial charge in [-0.15, -0.1) is 0 Å². The third-order valence-corrected chi connectivity index (χ3v) is 5.69. The number of nitrogens with one attached hydrogen (secondary N) is 1. The first-order valence-corrected chi connectivity index (χ1v) is 9.64. The van der Waals surface area contributed by atoms with Crippen LogP contribution in [-0.4, -0.2) is 49.2 Å². The molecule has 3 amide bonds. The lowest BCUT2D eigenvalue weighted by Crippen LogP contribution is -2.45. The Morgan fingerprint density at radius 1 is 1.10 bits per heavy atom. The standard InChI is InChI=1S/C22H21N3O5/c1-24-16-11-25(10-13-3-8-17-18(9-13)30-12-29-17)21(26)19(16)20(23-22(24)27)14-4-6-15(28-2)7-5-14/h3-9,20H,10-12H2,1-2H3,(H,23,27)/t20-/m0/s1. The Labute approximate surface area is 173 Å². The Bertz CT molecular complexity index is 1060. The summed E-state index contributed by atoms with van der Waals surface area (Å²) in [4.78, 5) is 29.2. The number of hydrogen-bond donors (Lipinski definition) is 1. The molecule has 2 aromatic rings. The van der Waals surface area contributed by atoms with Gasteiger partial charge in [0.25, 0.3) is 5.91 Å². The number of amides is 3. The zero-order chi connectivity index (χ0) is 20.8. The number of ether oxygens (including phenoxy) is 3. The highest BCUT2D eigenvalue weighted by atomic mass is 16.7. The lowest BCUT2D eigenvalue weighted by molar-refractivity contribution is -0.126. The van der Waals surface area contributed by atoms with Gasteiger partial charge in [0.05, 0.1) is 31.0 Å². The third-order valence-electron chi connectivity index (χ3n) is 5.69. The van der Waals surface area contributed by atoms with Crippen molar-refractivity contribution in [2.75, 3.05) is 27.5 Å². The fourth-order valence-corrected chi connectivity index (χ4v) is 4.06. The van der Waals surface area contributed by atoms with Gasteiger partial charge in [-0.25, -0.2) is 4.79 Å². The number of carbonyl (C=O) groups is 2. The minimum atomic E-state index is -0.496. The van der Waals surface area contributed by atoms with Crippen molar-refractivity contribution in [2.45, 2.75) is 12.6 Å². The second-order valence-electron chi connectivity index (χ2n) is 7.42. The molecule has 0 saturated carbocycles. The molecule has 2 aromatic carbocycles. The summed E-state index contributed by atoms with van der Waals surface area (Å²) in [6, 6.07) is 12.3. The number of urea groups is 1. The molecule has 8 heteroatoms. The fraction of sp³-hybridized carbons (Fsp3) is 0.273. The second kappa shape index (κ2) is 6.98. The third kappa shape index (κ3) is 2.92. The molecule has 0 unspecified atom stereocenters. The highest BCUT2D eigenvalue weighted by Crippen LogP contribution is 2.38. The number of benzene rings is 2. The summed E-state index contributed by atoms with van der Waals surface area (Å²) in [5.74, 6) is 2.02. The van der Waals surface area contributed by atoms with Crippen molar-refractivity contribution >= 4 is 11.9 Å². The molecule has 8 nitrogen and oxygen atoms in total. The zero-order valence-corrected chi connectivity index (χ0v) is 16.7. The van der Waals surface area contributed by atoms with Crippen LogP contribution in [0.4, 0.5) is 4.79 Å². The Hall–Kier alpha value is -3.68. The van der Waals surface area contributed by atoms with E-state index >= 15 is 0 Å². The molecule has 5 rings (SSSR count). The Morgan fingerprint density at radius 3 is 2.63 bits per heavy atom. The molecule has 0 bridgehead atoms. The van der Waals surface area contributed by atoms with Crippen LogP contribution in [0.15, 0.2) is 53.7 Å². The van der Waals surface area contributed by atoms with Crippen molar-refractivity contribution in [2.24, 2.45) is 0 Å². The van der Waals surface area contributed by atoms with Gasteiger partial charge in [0.1, 0.15) is 5.75 Å². The van der Waals surface area contributed by atoms with Crippen molar-refractivity contribution in [1.29, 1.82) is 0 Å². The summed E-state index contributed by atoms with van der Waals surface area (Å²) < 4.78 is 16.0. The SMILES string of the molecule is COc1ccc([C@@H]2NC(=O)N(C)C3=C2C(=O)N(Cc2ccc4c(c2)OCO4)C3)cc1. The summed E-state index contributed by atoms with van der Waals surface area (Å²) >= 11 is 0. The second-order valence-corrected chi connectivity index (χ2v) is 7.42. The first-order valence-electron chi connectivity index (χ1n) is 9.64. The van der Waals surface area contributed by atoms with Gasteiger partial charge >= 0.3 is 6.03 Å². The van der Waals surface area contributed by atoms with Gasteiger partial charge in [-0.3, -0.25) is 9.69 Å². The molecule has 1 N–H and O–H groups in total. The molecular formula is C22H21N3O5. The summed E-state index contributed by atoms with van der Waals surface area (Å²) in [5.41, 5.74) is 3.10.